The van der Waals surface area contributed by atoms with Gasteiger partial charge in [-0.05, 0) is 60.7 Å². The molecule has 2 aromatic rings. The van der Waals surface area contributed by atoms with Gasteiger partial charge in [0, 0.05) is 44.5 Å². The Bertz CT molecular complexity index is 1020. The smallest absolute Gasteiger partial charge is 0.232 e. The summed E-state index contributed by atoms with van der Waals surface area (Å²) in [6, 6.07) is 11.5. The molecule has 0 radical (unpaired) electrons. The van der Waals surface area contributed by atoms with E-state index in [1.54, 1.807) is 29.2 Å². The van der Waals surface area contributed by atoms with Crippen molar-refractivity contribution in [2.45, 2.75) is 53.1 Å². The minimum absolute atomic E-state index is 0.0333. The normalized spacial score (nSPS) is 11.5. The largest absolute Gasteiger partial charge is 0.377 e. The van der Waals surface area contributed by atoms with E-state index in [4.69, 9.17) is 0 Å². The molecule has 0 unspecified atom stereocenters. The Morgan fingerprint density at radius 3 is 2.18 bits per heavy atom. The van der Waals surface area contributed by atoms with Crippen LogP contribution >= 0.6 is 0 Å². The standard InChI is InChI=1S/C25H36FN3O3S/c1-6-15-33(31,32)27-23-13-14-24(28(4)5)21(16-23)18-29(25(30)20(7-2)8-3)17-19-9-11-22(26)12-10-19/h9-14,16,20,27H,6-8,15,17-18H2,1-5H3. The van der Waals surface area contributed by atoms with Crippen molar-refractivity contribution >= 4 is 27.3 Å². The van der Waals surface area contributed by atoms with E-state index in [1.807, 2.05) is 45.8 Å². The second kappa shape index (κ2) is 12.0. The fraction of sp³-hybridized carbons (Fsp3) is 0.480. The van der Waals surface area contributed by atoms with Gasteiger partial charge in [-0.15, -0.1) is 0 Å². The third-order valence-electron chi connectivity index (χ3n) is 5.60. The van der Waals surface area contributed by atoms with Gasteiger partial charge in [0.2, 0.25) is 15.9 Å². The van der Waals surface area contributed by atoms with Crippen molar-refractivity contribution in [2.24, 2.45) is 5.92 Å². The number of hydrogen-bond donors (Lipinski definition) is 1. The zero-order valence-corrected chi connectivity index (χ0v) is 21.1. The van der Waals surface area contributed by atoms with Gasteiger partial charge in [0.15, 0.2) is 0 Å². The van der Waals surface area contributed by atoms with Gasteiger partial charge in [0.1, 0.15) is 5.82 Å². The second-order valence-electron chi connectivity index (χ2n) is 8.49. The molecule has 0 bridgehead atoms. The van der Waals surface area contributed by atoms with Crippen LogP contribution in [0.2, 0.25) is 0 Å². The van der Waals surface area contributed by atoms with Gasteiger partial charge in [0.05, 0.1) is 5.75 Å². The summed E-state index contributed by atoms with van der Waals surface area (Å²) in [7, 11) is 0.386. The highest BCUT2D eigenvalue weighted by Crippen LogP contribution is 2.27. The van der Waals surface area contributed by atoms with Gasteiger partial charge >= 0.3 is 0 Å². The Hall–Kier alpha value is -2.61. The molecule has 0 aliphatic carbocycles. The molecular weight excluding hydrogens is 441 g/mol. The molecule has 0 spiro atoms. The van der Waals surface area contributed by atoms with Crippen molar-refractivity contribution in [3.05, 3.63) is 59.4 Å². The van der Waals surface area contributed by atoms with Crippen molar-refractivity contribution in [1.29, 1.82) is 0 Å². The molecule has 182 valence electrons. The predicted octanol–water partition coefficient (Wildman–Crippen LogP) is 5.01. The maximum absolute atomic E-state index is 13.4. The van der Waals surface area contributed by atoms with Crippen LogP contribution in [0.3, 0.4) is 0 Å². The highest BCUT2D eigenvalue weighted by Gasteiger charge is 2.23. The molecule has 0 fully saturated rings. The number of amides is 1. The zero-order valence-electron chi connectivity index (χ0n) is 20.3. The maximum Gasteiger partial charge on any atom is 0.232 e. The molecule has 0 saturated heterocycles. The third-order valence-corrected chi connectivity index (χ3v) is 7.09. The minimum atomic E-state index is -3.43. The number of hydrogen-bond acceptors (Lipinski definition) is 4. The SMILES string of the molecule is CCCS(=O)(=O)Nc1ccc(N(C)C)c(CN(Cc2ccc(F)cc2)C(=O)C(CC)CC)c1. The molecule has 8 heteroatoms. The first kappa shape index (κ1) is 26.6. The van der Waals surface area contributed by atoms with E-state index in [1.165, 1.54) is 12.1 Å². The molecule has 2 rings (SSSR count). The lowest BCUT2D eigenvalue weighted by Crippen LogP contribution is -2.35. The average Bonchev–Trinajstić information content (AvgIpc) is 2.75. The number of sulfonamides is 1. The molecular formula is C25H36FN3O3S. The van der Waals surface area contributed by atoms with E-state index >= 15 is 0 Å². The first-order valence-corrected chi connectivity index (χ1v) is 13.1. The zero-order chi connectivity index (χ0) is 24.6. The van der Waals surface area contributed by atoms with Crippen molar-refractivity contribution in [3.8, 4) is 0 Å². The van der Waals surface area contributed by atoms with Gasteiger partial charge in [-0.3, -0.25) is 9.52 Å². The van der Waals surface area contributed by atoms with Crippen molar-refractivity contribution in [2.75, 3.05) is 29.5 Å². The van der Waals surface area contributed by atoms with Crippen LogP contribution in [0.5, 0.6) is 0 Å². The van der Waals surface area contributed by atoms with Gasteiger partial charge in [-0.25, -0.2) is 12.8 Å². The number of carbonyl (C=O) groups excluding carboxylic acids is 1. The minimum Gasteiger partial charge on any atom is -0.377 e. The average molecular weight is 478 g/mol. The lowest BCUT2D eigenvalue weighted by Gasteiger charge is -2.29. The van der Waals surface area contributed by atoms with Crippen molar-refractivity contribution in [3.63, 3.8) is 0 Å². The lowest BCUT2D eigenvalue weighted by atomic mass is 10.0. The molecule has 0 saturated carbocycles. The Balaban J connectivity index is 2.43. The van der Waals surface area contributed by atoms with E-state index < -0.39 is 10.0 Å². The van der Waals surface area contributed by atoms with Gasteiger partial charge < -0.3 is 9.80 Å². The first-order valence-electron chi connectivity index (χ1n) is 11.4. The highest BCUT2D eigenvalue weighted by atomic mass is 32.2. The van der Waals surface area contributed by atoms with Gasteiger partial charge in [-0.2, -0.15) is 0 Å². The van der Waals surface area contributed by atoms with Crippen LogP contribution in [0, 0.1) is 11.7 Å². The number of carbonyl (C=O) groups is 1. The summed E-state index contributed by atoms with van der Waals surface area (Å²) in [5.74, 6) is -0.356. The quantitative estimate of drug-likeness (QED) is 0.467. The van der Waals surface area contributed by atoms with Gasteiger partial charge in [0.25, 0.3) is 0 Å². The third kappa shape index (κ3) is 7.74. The monoisotopic (exact) mass is 477 g/mol. The van der Waals surface area contributed by atoms with Crippen LogP contribution in [-0.4, -0.2) is 39.1 Å². The number of nitrogens with one attached hydrogen (secondary N) is 1. The Morgan fingerprint density at radius 1 is 1.00 bits per heavy atom. The first-order chi connectivity index (χ1) is 15.6. The topological polar surface area (TPSA) is 69.7 Å². The highest BCUT2D eigenvalue weighted by molar-refractivity contribution is 7.92. The molecule has 33 heavy (non-hydrogen) atoms. The molecule has 0 atom stereocenters. The number of halogens is 1. The predicted molar refractivity (Wildman–Crippen MR) is 133 cm³/mol. The summed E-state index contributed by atoms with van der Waals surface area (Å²) < 4.78 is 40.6. The van der Waals surface area contributed by atoms with Crippen LogP contribution in [0.15, 0.2) is 42.5 Å². The molecule has 2 aromatic carbocycles. The van der Waals surface area contributed by atoms with Crippen LogP contribution in [0.4, 0.5) is 15.8 Å². The van der Waals surface area contributed by atoms with Crippen LogP contribution < -0.4 is 9.62 Å². The molecule has 1 N–H and O–H groups in total. The summed E-state index contributed by atoms with van der Waals surface area (Å²) in [6.07, 6.45) is 1.98. The fourth-order valence-electron chi connectivity index (χ4n) is 3.83. The van der Waals surface area contributed by atoms with Crippen LogP contribution in [0.1, 0.15) is 51.2 Å². The molecule has 1 amide bonds. The summed E-state index contributed by atoms with van der Waals surface area (Å²) in [4.78, 5) is 17.1. The van der Waals surface area contributed by atoms with Crippen molar-refractivity contribution in [1.82, 2.24) is 4.90 Å². The van der Waals surface area contributed by atoms with E-state index in [-0.39, 0.29) is 23.4 Å². The lowest BCUT2D eigenvalue weighted by molar-refractivity contribution is -0.137. The second-order valence-corrected chi connectivity index (χ2v) is 10.3. The van der Waals surface area contributed by atoms with Gasteiger partial charge in [-0.1, -0.05) is 32.9 Å². The number of anilines is 2. The maximum atomic E-state index is 13.4. The molecule has 0 heterocycles. The number of benzene rings is 2. The van der Waals surface area contributed by atoms with Crippen LogP contribution in [-0.2, 0) is 27.9 Å². The Kier molecular flexibility index (Phi) is 9.70. The number of rotatable bonds is 12. The fourth-order valence-corrected chi connectivity index (χ4v) is 4.96. The summed E-state index contributed by atoms with van der Waals surface area (Å²) in [5, 5.41) is 0. The van der Waals surface area contributed by atoms with E-state index in [0.29, 0.717) is 25.2 Å². The van der Waals surface area contributed by atoms with E-state index in [9.17, 15) is 17.6 Å². The number of nitrogens with zero attached hydrogens (tertiary/aromatic N) is 2. The summed E-state index contributed by atoms with van der Waals surface area (Å²) in [5.41, 5.74) is 3.04. The molecule has 0 aliphatic heterocycles. The molecule has 0 aromatic heterocycles. The summed E-state index contributed by atoms with van der Waals surface area (Å²) in [6.45, 7) is 6.46. The Morgan fingerprint density at radius 2 is 1.64 bits per heavy atom. The van der Waals surface area contributed by atoms with Crippen LogP contribution in [0.25, 0.3) is 0 Å². The Labute approximate surface area is 197 Å². The summed E-state index contributed by atoms with van der Waals surface area (Å²) >= 11 is 0. The van der Waals surface area contributed by atoms with E-state index in [0.717, 1.165) is 29.7 Å². The molecule has 0 aliphatic rings. The van der Waals surface area contributed by atoms with E-state index in [2.05, 4.69) is 4.72 Å². The molecule has 6 nitrogen and oxygen atoms in total. The van der Waals surface area contributed by atoms with Crippen molar-refractivity contribution < 1.29 is 17.6 Å².